The van der Waals surface area contributed by atoms with E-state index in [0.717, 1.165) is 17.9 Å². The summed E-state index contributed by atoms with van der Waals surface area (Å²) in [5.74, 6) is 1.43. The highest BCUT2D eigenvalue weighted by Crippen LogP contribution is 2.31. The molecule has 0 heterocycles. The fraction of sp³-hybridized carbons (Fsp3) is 0.538. The third-order valence-electron chi connectivity index (χ3n) is 2.69. The number of rotatable bonds is 5. The number of nitrogens with two attached hydrogens (primary N) is 1. The predicted octanol–water partition coefficient (Wildman–Crippen LogP) is 1.44. The maximum atomic E-state index is 6.32. The Bertz CT molecular complexity index is 376. The topological polar surface area (TPSA) is 47.7 Å². The summed E-state index contributed by atoms with van der Waals surface area (Å²) in [6.07, 6.45) is 0. The van der Waals surface area contributed by atoms with Gasteiger partial charge >= 0.3 is 0 Å². The Balaban J connectivity index is 3.06. The van der Waals surface area contributed by atoms with Gasteiger partial charge in [0.2, 0.25) is 0 Å². The number of nitrogens with zero attached hydrogens (tertiary/aromatic N) is 1. The van der Waals surface area contributed by atoms with E-state index < -0.39 is 5.54 Å². The molecular formula is C13H22N2O2. The van der Waals surface area contributed by atoms with Gasteiger partial charge < -0.3 is 20.1 Å². The maximum Gasteiger partial charge on any atom is 0.161 e. The molecule has 0 spiro atoms. The summed E-state index contributed by atoms with van der Waals surface area (Å²) in [5.41, 5.74) is 6.93. The molecule has 2 N–H and O–H groups in total. The van der Waals surface area contributed by atoms with E-state index in [9.17, 15) is 0 Å². The van der Waals surface area contributed by atoms with E-state index in [1.54, 1.807) is 14.2 Å². The van der Waals surface area contributed by atoms with Crippen LogP contribution in [0.3, 0.4) is 0 Å². The number of ether oxygens (including phenoxy) is 2. The van der Waals surface area contributed by atoms with E-state index in [0.29, 0.717) is 5.75 Å². The Morgan fingerprint density at radius 3 is 2.24 bits per heavy atom. The summed E-state index contributed by atoms with van der Waals surface area (Å²) in [5, 5.41) is 0. The zero-order valence-corrected chi connectivity index (χ0v) is 11.3. The van der Waals surface area contributed by atoms with E-state index in [1.807, 2.05) is 39.2 Å². The quantitative estimate of drug-likeness (QED) is 0.843. The molecule has 0 aliphatic carbocycles. The van der Waals surface area contributed by atoms with Crippen molar-refractivity contribution < 1.29 is 9.47 Å². The Kier molecular flexibility index (Phi) is 4.37. The van der Waals surface area contributed by atoms with E-state index >= 15 is 0 Å². The van der Waals surface area contributed by atoms with Gasteiger partial charge in [0.1, 0.15) is 0 Å². The van der Waals surface area contributed by atoms with Crippen LogP contribution < -0.4 is 15.2 Å². The van der Waals surface area contributed by atoms with Crippen molar-refractivity contribution in [2.45, 2.75) is 12.5 Å². The Labute approximate surface area is 103 Å². The summed E-state index contributed by atoms with van der Waals surface area (Å²) >= 11 is 0. The molecule has 1 aromatic rings. The first-order valence-corrected chi connectivity index (χ1v) is 5.57. The molecule has 0 aromatic heterocycles. The molecule has 4 heteroatoms. The molecule has 0 saturated heterocycles. The van der Waals surface area contributed by atoms with Gasteiger partial charge in [-0.05, 0) is 38.7 Å². The number of hydrogen-bond acceptors (Lipinski definition) is 4. The second kappa shape index (κ2) is 5.38. The molecule has 96 valence electrons. The summed E-state index contributed by atoms with van der Waals surface area (Å²) in [6.45, 7) is 2.77. The molecule has 17 heavy (non-hydrogen) atoms. The molecule has 0 aliphatic heterocycles. The summed E-state index contributed by atoms with van der Waals surface area (Å²) < 4.78 is 10.5. The standard InChI is InChI=1S/C13H22N2O2/c1-13(14,9-15(2)3)10-6-7-11(16-4)12(8-10)17-5/h6-8H,9,14H2,1-5H3. The lowest BCUT2D eigenvalue weighted by Crippen LogP contribution is -2.42. The molecule has 0 fully saturated rings. The summed E-state index contributed by atoms with van der Waals surface area (Å²) in [7, 11) is 7.26. The number of methoxy groups -OCH3 is 2. The van der Waals surface area contributed by atoms with E-state index in [4.69, 9.17) is 15.2 Å². The van der Waals surface area contributed by atoms with Gasteiger partial charge in [0.25, 0.3) is 0 Å². The van der Waals surface area contributed by atoms with Gasteiger partial charge in [-0.15, -0.1) is 0 Å². The number of benzene rings is 1. The summed E-state index contributed by atoms with van der Waals surface area (Å²) in [6, 6.07) is 5.79. The lowest BCUT2D eigenvalue weighted by molar-refractivity contribution is 0.302. The fourth-order valence-corrected chi connectivity index (χ4v) is 1.94. The lowest BCUT2D eigenvalue weighted by atomic mass is 9.92. The van der Waals surface area contributed by atoms with Gasteiger partial charge in [-0.2, -0.15) is 0 Å². The molecule has 0 bridgehead atoms. The Hall–Kier alpha value is -1.26. The van der Waals surface area contributed by atoms with E-state index in [1.165, 1.54) is 0 Å². The van der Waals surface area contributed by atoms with Crippen molar-refractivity contribution in [3.05, 3.63) is 23.8 Å². The molecule has 1 aromatic carbocycles. The third-order valence-corrected chi connectivity index (χ3v) is 2.69. The third kappa shape index (κ3) is 3.35. The van der Waals surface area contributed by atoms with Crippen LogP contribution in [0.2, 0.25) is 0 Å². The predicted molar refractivity (Wildman–Crippen MR) is 69.6 cm³/mol. The Morgan fingerprint density at radius 2 is 1.76 bits per heavy atom. The Morgan fingerprint density at radius 1 is 1.18 bits per heavy atom. The second-order valence-electron chi connectivity index (χ2n) is 4.73. The molecule has 4 nitrogen and oxygen atoms in total. The first-order chi connectivity index (χ1) is 7.90. The largest absolute Gasteiger partial charge is 0.493 e. The minimum Gasteiger partial charge on any atom is -0.493 e. The van der Waals surface area contributed by atoms with Crippen LogP contribution in [0.25, 0.3) is 0 Å². The van der Waals surface area contributed by atoms with E-state index in [2.05, 4.69) is 4.90 Å². The van der Waals surface area contributed by atoms with Crippen molar-refractivity contribution in [1.29, 1.82) is 0 Å². The maximum absolute atomic E-state index is 6.32. The molecule has 0 amide bonds. The van der Waals surface area contributed by atoms with Crippen LogP contribution >= 0.6 is 0 Å². The smallest absolute Gasteiger partial charge is 0.161 e. The molecule has 0 aliphatic rings. The molecule has 1 rings (SSSR count). The minimum absolute atomic E-state index is 0.414. The highest BCUT2D eigenvalue weighted by Gasteiger charge is 2.23. The van der Waals surface area contributed by atoms with Crippen LogP contribution in [-0.4, -0.2) is 39.8 Å². The van der Waals surface area contributed by atoms with Crippen LogP contribution in [0.4, 0.5) is 0 Å². The van der Waals surface area contributed by atoms with Crippen molar-refractivity contribution in [1.82, 2.24) is 4.90 Å². The molecular weight excluding hydrogens is 216 g/mol. The SMILES string of the molecule is COc1ccc(C(C)(N)CN(C)C)cc1OC. The average Bonchev–Trinajstić information content (AvgIpc) is 2.26. The summed E-state index contributed by atoms with van der Waals surface area (Å²) in [4.78, 5) is 2.07. The average molecular weight is 238 g/mol. The van der Waals surface area contributed by atoms with Gasteiger partial charge in [0, 0.05) is 6.54 Å². The van der Waals surface area contributed by atoms with Gasteiger partial charge in [-0.1, -0.05) is 6.07 Å². The van der Waals surface area contributed by atoms with Crippen molar-refractivity contribution in [2.75, 3.05) is 34.9 Å². The van der Waals surface area contributed by atoms with Crippen LogP contribution in [-0.2, 0) is 5.54 Å². The van der Waals surface area contributed by atoms with Gasteiger partial charge in [-0.3, -0.25) is 0 Å². The van der Waals surface area contributed by atoms with Gasteiger partial charge in [0.15, 0.2) is 11.5 Å². The van der Waals surface area contributed by atoms with Crippen molar-refractivity contribution >= 4 is 0 Å². The first kappa shape index (κ1) is 13.8. The zero-order chi connectivity index (χ0) is 13.1. The van der Waals surface area contributed by atoms with Crippen molar-refractivity contribution in [3.8, 4) is 11.5 Å². The van der Waals surface area contributed by atoms with Crippen LogP contribution in [0.1, 0.15) is 12.5 Å². The highest BCUT2D eigenvalue weighted by molar-refractivity contribution is 5.44. The molecule has 0 saturated carbocycles. The molecule has 1 atom stereocenters. The molecule has 0 radical (unpaired) electrons. The lowest BCUT2D eigenvalue weighted by Gasteiger charge is -2.29. The van der Waals surface area contributed by atoms with Gasteiger partial charge in [-0.25, -0.2) is 0 Å². The van der Waals surface area contributed by atoms with Crippen molar-refractivity contribution in [3.63, 3.8) is 0 Å². The molecule has 1 unspecified atom stereocenters. The second-order valence-corrected chi connectivity index (χ2v) is 4.73. The van der Waals surface area contributed by atoms with Crippen LogP contribution in [0.5, 0.6) is 11.5 Å². The minimum atomic E-state index is -0.414. The van der Waals surface area contributed by atoms with Crippen LogP contribution in [0.15, 0.2) is 18.2 Å². The number of hydrogen-bond donors (Lipinski definition) is 1. The van der Waals surface area contributed by atoms with E-state index in [-0.39, 0.29) is 0 Å². The van der Waals surface area contributed by atoms with Crippen molar-refractivity contribution in [2.24, 2.45) is 5.73 Å². The highest BCUT2D eigenvalue weighted by atomic mass is 16.5. The monoisotopic (exact) mass is 238 g/mol. The zero-order valence-electron chi connectivity index (χ0n) is 11.3. The normalized spacial score (nSPS) is 14.5. The van der Waals surface area contributed by atoms with Gasteiger partial charge in [0.05, 0.1) is 19.8 Å². The van der Waals surface area contributed by atoms with Crippen LogP contribution in [0, 0.1) is 0 Å². The first-order valence-electron chi connectivity index (χ1n) is 5.57. The number of likely N-dealkylation sites (N-methyl/N-ethyl adjacent to an activating group) is 1. The fourth-order valence-electron chi connectivity index (χ4n) is 1.94.